The summed E-state index contributed by atoms with van der Waals surface area (Å²) < 4.78 is 38.6. The van der Waals surface area contributed by atoms with E-state index in [2.05, 4.69) is 9.97 Å². The number of nitrogens with zero attached hydrogens (tertiary/aromatic N) is 3. The van der Waals surface area contributed by atoms with E-state index in [1.54, 1.807) is 0 Å². The third kappa shape index (κ3) is 8.40. The van der Waals surface area contributed by atoms with Crippen molar-refractivity contribution < 1.29 is 62.5 Å². The number of aliphatic hydroxyl groups is 2. The van der Waals surface area contributed by atoms with Crippen molar-refractivity contribution in [3.63, 3.8) is 0 Å². The molecule has 0 saturated carbocycles. The van der Waals surface area contributed by atoms with Crippen molar-refractivity contribution in [3.05, 3.63) is 47.4 Å². The molecule has 0 aliphatic heterocycles. The molecule has 0 bridgehead atoms. The summed E-state index contributed by atoms with van der Waals surface area (Å²) in [7, 11) is -2.34. The van der Waals surface area contributed by atoms with E-state index in [0.717, 1.165) is 10.6 Å². The Hall–Kier alpha value is -1.89. The van der Waals surface area contributed by atoms with Crippen molar-refractivity contribution in [2.75, 3.05) is 17.6 Å². The average Bonchev–Trinajstić information content (AvgIpc) is 2.70. The molecular formula is C22H27FN3NaO6S. The van der Waals surface area contributed by atoms with Crippen molar-refractivity contribution in [2.24, 2.45) is 0 Å². The fourth-order valence-electron chi connectivity index (χ4n) is 3.04. The number of carboxylic acid groups (broad SMARTS) is 1. The quantitative estimate of drug-likeness (QED) is 0.357. The van der Waals surface area contributed by atoms with E-state index >= 15 is 0 Å². The third-order valence-corrected chi connectivity index (χ3v) is 5.97. The predicted octanol–water partition coefficient (Wildman–Crippen LogP) is -1.93. The number of benzene rings is 1. The van der Waals surface area contributed by atoms with Gasteiger partial charge < -0.3 is 20.1 Å². The molecule has 2 N–H and O–H groups in total. The maximum atomic E-state index is 13.5. The predicted molar refractivity (Wildman–Crippen MR) is 120 cm³/mol. The molecule has 1 heterocycles. The third-order valence-electron chi connectivity index (χ3n) is 4.81. The van der Waals surface area contributed by atoms with Gasteiger partial charge in [0.05, 0.1) is 29.9 Å². The van der Waals surface area contributed by atoms with Crippen LogP contribution >= 0.6 is 0 Å². The van der Waals surface area contributed by atoms with Crippen molar-refractivity contribution in [3.8, 4) is 11.3 Å². The van der Waals surface area contributed by atoms with Crippen LogP contribution in [0.5, 0.6) is 0 Å². The second-order valence-electron chi connectivity index (χ2n) is 7.96. The first-order valence-corrected chi connectivity index (χ1v) is 12.0. The molecule has 0 amide bonds. The monoisotopic (exact) mass is 503 g/mol. The molecule has 1 aromatic heterocycles. The Morgan fingerprint density at radius 3 is 2.29 bits per heavy atom. The van der Waals surface area contributed by atoms with Gasteiger partial charge in [0, 0.05) is 37.0 Å². The zero-order chi connectivity index (χ0) is 24.9. The Kier molecular flexibility index (Phi) is 11.3. The van der Waals surface area contributed by atoms with Gasteiger partial charge in [0.15, 0.2) is 0 Å². The summed E-state index contributed by atoms with van der Waals surface area (Å²) in [4.78, 5) is 19.4. The van der Waals surface area contributed by atoms with E-state index in [4.69, 9.17) is 0 Å². The minimum absolute atomic E-state index is 0. The fourth-order valence-corrected chi connectivity index (χ4v) is 3.41. The molecule has 0 fully saturated rings. The zero-order valence-electron chi connectivity index (χ0n) is 19.8. The van der Waals surface area contributed by atoms with Gasteiger partial charge in [0.25, 0.3) is 0 Å². The van der Waals surface area contributed by atoms with Crippen LogP contribution in [0.15, 0.2) is 30.3 Å². The molecule has 0 saturated heterocycles. The Bertz CT molecular complexity index is 1130. The number of hydrogen-bond acceptors (Lipinski definition) is 8. The number of aliphatic hydroxyl groups excluding tert-OH is 2. The van der Waals surface area contributed by atoms with Gasteiger partial charge in [-0.25, -0.2) is 27.1 Å². The van der Waals surface area contributed by atoms with Crippen LogP contribution < -0.4 is 39.0 Å². The van der Waals surface area contributed by atoms with Crippen LogP contribution in [0.2, 0.25) is 0 Å². The number of sulfonamides is 1. The molecule has 34 heavy (non-hydrogen) atoms. The number of carbonyl (C=O) groups is 1. The van der Waals surface area contributed by atoms with Crippen LogP contribution in [-0.2, 0) is 14.8 Å². The van der Waals surface area contributed by atoms with E-state index in [9.17, 15) is 32.9 Å². The van der Waals surface area contributed by atoms with Crippen molar-refractivity contribution in [1.82, 2.24) is 9.97 Å². The van der Waals surface area contributed by atoms with Gasteiger partial charge in [0.1, 0.15) is 5.82 Å². The molecule has 2 aromatic rings. The molecule has 1 aromatic carbocycles. The van der Waals surface area contributed by atoms with Crippen molar-refractivity contribution in [1.29, 1.82) is 0 Å². The summed E-state index contributed by atoms with van der Waals surface area (Å²) in [5.74, 6) is -2.14. The van der Waals surface area contributed by atoms with Gasteiger partial charge in [-0.3, -0.25) is 0 Å². The number of aliphatic carboxylic acids is 1. The van der Waals surface area contributed by atoms with Gasteiger partial charge in [0.2, 0.25) is 16.0 Å². The number of carbonyl (C=O) groups excluding carboxylic acids is 1. The second kappa shape index (κ2) is 12.7. The summed E-state index contributed by atoms with van der Waals surface area (Å²) in [5, 5.41) is 30.6. The Balaban J connectivity index is 0.00000578. The molecule has 0 radical (unpaired) electrons. The molecule has 2 unspecified atom stereocenters. The molecule has 0 aliphatic carbocycles. The van der Waals surface area contributed by atoms with E-state index in [1.165, 1.54) is 43.5 Å². The molecule has 0 spiro atoms. The van der Waals surface area contributed by atoms with E-state index in [0.29, 0.717) is 22.5 Å². The fraction of sp³-hybridized carbons (Fsp3) is 0.409. The Morgan fingerprint density at radius 1 is 1.21 bits per heavy atom. The molecule has 9 nitrogen and oxygen atoms in total. The Labute approximate surface area is 220 Å². The number of rotatable bonds is 10. The summed E-state index contributed by atoms with van der Waals surface area (Å²) >= 11 is 0. The van der Waals surface area contributed by atoms with E-state index in [-0.39, 0.29) is 47.8 Å². The average molecular weight is 504 g/mol. The SMILES string of the molecule is CC(C)c1nc(N(C)S(C)(=O)=O)nc(-c2ccc(F)cc2)c1/C=C/C(O)CC(O)CC(=O)[O-].[Na+]. The smallest absolute Gasteiger partial charge is 0.550 e. The first kappa shape index (κ1) is 30.1. The molecule has 0 aliphatic rings. The van der Waals surface area contributed by atoms with Gasteiger partial charge in [-0.15, -0.1) is 0 Å². The number of aromatic nitrogens is 2. The summed E-state index contributed by atoms with van der Waals surface area (Å²) in [6.45, 7) is 3.69. The largest absolute Gasteiger partial charge is 1.00 e. The van der Waals surface area contributed by atoms with Crippen LogP contribution in [-0.4, -0.2) is 60.1 Å². The van der Waals surface area contributed by atoms with Crippen LogP contribution in [0.1, 0.15) is 43.9 Å². The first-order chi connectivity index (χ1) is 15.3. The minimum atomic E-state index is -3.66. The number of hydrogen-bond donors (Lipinski definition) is 2. The van der Waals surface area contributed by atoms with E-state index in [1.807, 2.05) is 13.8 Å². The van der Waals surface area contributed by atoms with Crippen LogP contribution in [0.4, 0.5) is 10.3 Å². The maximum absolute atomic E-state index is 13.5. The van der Waals surface area contributed by atoms with Gasteiger partial charge >= 0.3 is 29.6 Å². The summed E-state index contributed by atoms with van der Waals surface area (Å²) in [5.41, 5.74) is 1.76. The first-order valence-electron chi connectivity index (χ1n) is 10.2. The summed E-state index contributed by atoms with van der Waals surface area (Å²) in [6, 6.07) is 5.46. The molecule has 180 valence electrons. The van der Waals surface area contributed by atoms with Crippen molar-refractivity contribution >= 4 is 28.0 Å². The van der Waals surface area contributed by atoms with Crippen LogP contribution in [0.3, 0.4) is 0 Å². The minimum Gasteiger partial charge on any atom is -0.550 e. The standard InChI is InChI=1S/C22H28FN3O6S.Na/c1-13(2)20-18(10-9-16(27)11-17(28)12-19(29)30)21(14-5-7-15(23)8-6-14)25-22(24-20)26(3)33(4,31)32;/h5-10,13,16-17,27-28H,11-12H2,1-4H3,(H,29,30);/q;+1/p-1/b10-9+;. The molecule has 12 heteroatoms. The maximum Gasteiger partial charge on any atom is 1.00 e. The topological polar surface area (TPSA) is 144 Å². The molecule has 2 rings (SSSR count). The zero-order valence-corrected chi connectivity index (χ0v) is 22.6. The van der Waals surface area contributed by atoms with Crippen LogP contribution in [0.25, 0.3) is 17.3 Å². The Morgan fingerprint density at radius 2 is 1.79 bits per heavy atom. The number of carboxylic acids is 1. The van der Waals surface area contributed by atoms with Gasteiger partial charge in [-0.1, -0.05) is 26.0 Å². The number of halogens is 1. The van der Waals surface area contributed by atoms with Crippen molar-refractivity contribution in [2.45, 2.75) is 44.8 Å². The molecule has 2 atom stereocenters. The van der Waals surface area contributed by atoms with Crippen LogP contribution in [0, 0.1) is 5.82 Å². The molecular weight excluding hydrogens is 476 g/mol. The normalized spacial score (nSPS) is 13.5. The van der Waals surface area contributed by atoms with E-state index < -0.39 is 40.4 Å². The second-order valence-corrected chi connectivity index (χ2v) is 9.97. The number of anilines is 1. The van der Waals surface area contributed by atoms with Gasteiger partial charge in [-0.05, 0) is 30.2 Å². The van der Waals surface area contributed by atoms with Gasteiger partial charge in [-0.2, -0.15) is 0 Å². The summed E-state index contributed by atoms with van der Waals surface area (Å²) in [6.07, 6.45) is 0.578.